The number of sulfonamides is 1. The third kappa shape index (κ3) is 4.47. The lowest BCUT2D eigenvalue weighted by molar-refractivity contribution is 0.0962. The quantitative estimate of drug-likeness (QED) is 0.718. The van der Waals surface area contributed by atoms with Crippen molar-refractivity contribution in [3.05, 3.63) is 53.3 Å². The monoisotopic (exact) mass is 382 g/mol. The summed E-state index contributed by atoms with van der Waals surface area (Å²) in [5, 5.41) is 0.282. The van der Waals surface area contributed by atoms with E-state index in [0.717, 1.165) is 0 Å². The third-order valence-electron chi connectivity index (χ3n) is 3.52. The Hall–Kier alpha value is -2.16. The van der Waals surface area contributed by atoms with Gasteiger partial charge in [-0.25, -0.2) is 8.42 Å². The van der Waals surface area contributed by atoms with Crippen molar-refractivity contribution in [2.75, 3.05) is 18.5 Å². The number of carbonyl (C=O) groups excluding carboxylic acids is 1. The molecule has 1 aromatic carbocycles. The minimum Gasteiger partial charge on any atom is -0.297 e. The van der Waals surface area contributed by atoms with E-state index in [0.29, 0.717) is 18.7 Å². The predicted molar refractivity (Wildman–Crippen MR) is 96.9 cm³/mol. The summed E-state index contributed by atoms with van der Waals surface area (Å²) in [5.74, 6) is -0.416. The molecule has 0 aliphatic carbocycles. The van der Waals surface area contributed by atoms with E-state index in [9.17, 15) is 13.2 Å². The molecule has 1 heterocycles. The topological polar surface area (TPSA) is 91.4 Å². The van der Waals surface area contributed by atoms with Gasteiger partial charge in [-0.1, -0.05) is 25.4 Å². The molecule has 1 amide bonds. The zero-order valence-electron chi connectivity index (χ0n) is 13.9. The van der Waals surface area contributed by atoms with E-state index in [1.54, 1.807) is 32.2 Å². The van der Waals surface area contributed by atoms with Crippen LogP contribution in [0, 0.1) is 0 Å². The molecule has 7 nitrogen and oxygen atoms in total. The molecule has 1 aromatic heterocycles. The molecule has 134 valence electrons. The fraction of sp³-hybridized carbons (Fsp3) is 0.250. The summed E-state index contributed by atoms with van der Waals surface area (Å²) in [7, 11) is -3.62. The standard InChI is InChI=1S/C16H19ClN4O3S/c1-3-21(4-2)25(23,24)13-7-8-14(17)15(10-13)19-20-16(22)12-6-5-9-18-11-12/h5-11,19H,3-4H2,1-2H3,(H,20,22). The highest BCUT2D eigenvalue weighted by atomic mass is 35.5. The van der Waals surface area contributed by atoms with Gasteiger partial charge in [0.2, 0.25) is 10.0 Å². The van der Waals surface area contributed by atoms with Gasteiger partial charge in [-0.3, -0.25) is 20.6 Å². The van der Waals surface area contributed by atoms with Gasteiger partial charge in [0.15, 0.2) is 0 Å². The van der Waals surface area contributed by atoms with Gasteiger partial charge in [0.05, 0.1) is 21.2 Å². The number of anilines is 1. The maximum atomic E-state index is 12.6. The highest BCUT2D eigenvalue weighted by Crippen LogP contribution is 2.26. The van der Waals surface area contributed by atoms with Gasteiger partial charge in [-0.2, -0.15) is 4.31 Å². The van der Waals surface area contributed by atoms with E-state index < -0.39 is 15.9 Å². The van der Waals surface area contributed by atoms with Crippen LogP contribution in [0.3, 0.4) is 0 Å². The Morgan fingerprint density at radius 1 is 1.24 bits per heavy atom. The first-order valence-electron chi connectivity index (χ1n) is 7.66. The predicted octanol–water partition coefficient (Wildman–Crippen LogP) is 2.52. The van der Waals surface area contributed by atoms with Crippen LogP contribution < -0.4 is 10.9 Å². The van der Waals surface area contributed by atoms with Crippen LogP contribution in [0.15, 0.2) is 47.6 Å². The first kappa shape index (κ1) is 19.2. The van der Waals surface area contributed by atoms with Crippen molar-refractivity contribution in [1.82, 2.24) is 14.7 Å². The van der Waals surface area contributed by atoms with Gasteiger partial charge < -0.3 is 0 Å². The summed E-state index contributed by atoms with van der Waals surface area (Å²) in [6, 6.07) is 7.53. The number of aromatic nitrogens is 1. The van der Waals surface area contributed by atoms with Gasteiger partial charge in [0.25, 0.3) is 5.91 Å². The number of halogens is 1. The minimum absolute atomic E-state index is 0.0960. The van der Waals surface area contributed by atoms with Gasteiger partial charge in [-0.15, -0.1) is 0 Å². The molecule has 0 bridgehead atoms. The highest BCUT2D eigenvalue weighted by Gasteiger charge is 2.22. The largest absolute Gasteiger partial charge is 0.297 e. The third-order valence-corrected chi connectivity index (χ3v) is 5.89. The Morgan fingerprint density at radius 3 is 2.56 bits per heavy atom. The molecule has 2 rings (SSSR count). The number of benzene rings is 1. The van der Waals surface area contributed by atoms with Crippen molar-refractivity contribution >= 4 is 33.2 Å². The normalized spacial score (nSPS) is 11.4. The second-order valence-corrected chi connectivity index (χ2v) is 7.40. The van der Waals surface area contributed by atoms with E-state index in [1.165, 1.54) is 28.7 Å². The minimum atomic E-state index is -3.62. The van der Waals surface area contributed by atoms with Crippen LogP contribution in [0.25, 0.3) is 0 Å². The Morgan fingerprint density at radius 2 is 1.96 bits per heavy atom. The summed E-state index contributed by atoms with van der Waals surface area (Å²) in [6.07, 6.45) is 2.97. The van der Waals surface area contributed by atoms with Gasteiger partial charge in [0, 0.05) is 25.5 Å². The average Bonchev–Trinajstić information content (AvgIpc) is 2.62. The molecule has 0 aliphatic heterocycles. The molecule has 25 heavy (non-hydrogen) atoms. The molecule has 0 fully saturated rings. The summed E-state index contributed by atoms with van der Waals surface area (Å²) >= 11 is 6.09. The molecular weight excluding hydrogens is 364 g/mol. The summed E-state index contributed by atoms with van der Waals surface area (Å²) < 4.78 is 26.5. The lowest BCUT2D eigenvalue weighted by atomic mass is 10.3. The fourth-order valence-electron chi connectivity index (χ4n) is 2.17. The van der Waals surface area contributed by atoms with Gasteiger partial charge >= 0.3 is 0 Å². The smallest absolute Gasteiger partial charge is 0.271 e. The van der Waals surface area contributed by atoms with Gasteiger partial charge in [0.1, 0.15) is 0 Å². The molecule has 0 saturated heterocycles. The van der Waals surface area contributed by atoms with Crippen LogP contribution in [0.4, 0.5) is 5.69 Å². The zero-order valence-corrected chi connectivity index (χ0v) is 15.4. The van der Waals surface area contributed by atoms with Crippen molar-refractivity contribution < 1.29 is 13.2 Å². The van der Waals surface area contributed by atoms with Crippen LogP contribution in [0.5, 0.6) is 0 Å². The van der Waals surface area contributed by atoms with E-state index in [1.807, 2.05) is 0 Å². The molecule has 2 aromatic rings. The highest BCUT2D eigenvalue weighted by molar-refractivity contribution is 7.89. The lowest BCUT2D eigenvalue weighted by Crippen LogP contribution is -2.31. The first-order valence-corrected chi connectivity index (χ1v) is 9.48. The number of hydrazine groups is 1. The number of amides is 1. The lowest BCUT2D eigenvalue weighted by Gasteiger charge is -2.19. The molecular formula is C16H19ClN4O3S. The molecule has 2 N–H and O–H groups in total. The average molecular weight is 383 g/mol. The van der Waals surface area contributed by atoms with E-state index in [-0.39, 0.29) is 15.6 Å². The molecule has 0 radical (unpaired) electrons. The Kier molecular flexibility index (Phi) is 6.35. The van der Waals surface area contributed by atoms with E-state index in [2.05, 4.69) is 15.8 Å². The Balaban J connectivity index is 2.21. The molecule has 0 atom stereocenters. The van der Waals surface area contributed by atoms with E-state index >= 15 is 0 Å². The number of carbonyl (C=O) groups is 1. The maximum Gasteiger partial charge on any atom is 0.271 e. The zero-order chi connectivity index (χ0) is 18.4. The van der Waals surface area contributed by atoms with Gasteiger partial charge in [-0.05, 0) is 30.3 Å². The van der Waals surface area contributed by atoms with Crippen LogP contribution in [-0.4, -0.2) is 36.7 Å². The summed E-state index contributed by atoms with van der Waals surface area (Å²) in [6.45, 7) is 4.26. The molecule has 0 spiro atoms. The number of hydrogen-bond acceptors (Lipinski definition) is 5. The Bertz CT molecular complexity index is 840. The van der Waals surface area contributed by atoms with Crippen LogP contribution in [0.1, 0.15) is 24.2 Å². The van der Waals surface area contributed by atoms with Crippen molar-refractivity contribution in [1.29, 1.82) is 0 Å². The Labute approximate surface area is 152 Å². The number of nitrogens with zero attached hydrogens (tertiary/aromatic N) is 2. The molecule has 0 aliphatic rings. The number of nitrogens with one attached hydrogen (secondary N) is 2. The van der Waals surface area contributed by atoms with Crippen LogP contribution >= 0.6 is 11.6 Å². The van der Waals surface area contributed by atoms with Crippen molar-refractivity contribution in [2.24, 2.45) is 0 Å². The van der Waals surface area contributed by atoms with Crippen LogP contribution in [0.2, 0.25) is 5.02 Å². The number of pyridine rings is 1. The van der Waals surface area contributed by atoms with Crippen molar-refractivity contribution in [2.45, 2.75) is 18.7 Å². The second-order valence-electron chi connectivity index (χ2n) is 5.05. The number of hydrogen-bond donors (Lipinski definition) is 2. The van der Waals surface area contributed by atoms with E-state index in [4.69, 9.17) is 11.6 Å². The summed E-state index contributed by atoms with van der Waals surface area (Å²) in [5.41, 5.74) is 5.77. The fourth-order valence-corrected chi connectivity index (χ4v) is 3.82. The maximum absolute atomic E-state index is 12.6. The van der Waals surface area contributed by atoms with Crippen molar-refractivity contribution in [3.63, 3.8) is 0 Å². The number of rotatable bonds is 7. The first-order chi connectivity index (χ1) is 11.9. The summed E-state index contributed by atoms with van der Waals surface area (Å²) in [4.78, 5) is 16.0. The second kappa shape index (κ2) is 8.28. The van der Waals surface area contributed by atoms with Crippen LogP contribution in [-0.2, 0) is 10.0 Å². The molecule has 0 saturated carbocycles. The molecule has 0 unspecified atom stereocenters. The van der Waals surface area contributed by atoms with Crippen molar-refractivity contribution in [3.8, 4) is 0 Å². The SMILES string of the molecule is CCN(CC)S(=O)(=O)c1ccc(Cl)c(NNC(=O)c2cccnc2)c1. The molecule has 9 heteroatoms.